The van der Waals surface area contributed by atoms with Crippen molar-refractivity contribution >= 4 is 11.6 Å². The molecule has 2 nitrogen and oxygen atoms in total. The molecular weight excluding hydrogens is 246 g/mol. The van der Waals surface area contributed by atoms with Gasteiger partial charge in [-0.25, -0.2) is 0 Å². The third kappa shape index (κ3) is 3.34. The van der Waals surface area contributed by atoms with Crippen LogP contribution in [0.5, 0.6) is 5.75 Å². The summed E-state index contributed by atoms with van der Waals surface area (Å²) in [5, 5.41) is 0.721. The third-order valence-electron chi connectivity index (χ3n) is 2.53. The predicted octanol–water partition coefficient (Wildman–Crippen LogP) is 4.04. The number of pyridine rings is 1. The van der Waals surface area contributed by atoms with E-state index in [2.05, 4.69) is 11.6 Å². The summed E-state index contributed by atoms with van der Waals surface area (Å²) in [6, 6.07) is 9.68. The standard InChI is InChI=1S/C15H14ClNO/c1-2-4-12-6-7-13(15(16)9-12)11-18-14-5-3-8-17-10-14/h2-3,5-10H,1,4,11H2. The zero-order valence-corrected chi connectivity index (χ0v) is 10.7. The van der Waals surface area contributed by atoms with Crippen molar-refractivity contribution in [2.75, 3.05) is 0 Å². The fourth-order valence-corrected chi connectivity index (χ4v) is 1.85. The van der Waals surface area contributed by atoms with Crippen LogP contribution in [0.25, 0.3) is 0 Å². The van der Waals surface area contributed by atoms with Gasteiger partial charge in [-0.1, -0.05) is 29.8 Å². The van der Waals surface area contributed by atoms with Gasteiger partial charge in [0.1, 0.15) is 12.4 Å². The topological polar surface area (TPSA) is 22.1 Å². The second kappa shape index (κ2) is 6.22. The molecule has 0 amide bonds. The maximum absolute atomic E-state index is 6.20. The van der Waals surface area contributed by atoms with Gasteiger partial charge in [0.05, 0.1) is 6.20 Å². The molecule has 0 saturated heterocycles. The van der Waals surface area contributed by atoms with Crippen molar-refractivity contribution in [1.82, 2.24) is 4.98 Å². The van der Waals surface area contributed by atoms with Gasteiger partial charge in [-0.15, -0.1) is 6.58 Å². The van der Waals surface area contributed by atoms with E-state index in [1.165, 1.54) is 0 Å². The van der Waals surface area contributed by atoms with E-state index in [-0.39, 0.29) is 0 Å². The first-order valence-electron chi connectivity index (χ1n) is 5.70. The Hall–Kier alpha value is -1.80. The van der Waals surface area contributed by atoms with Crippen LogP contribution >= 0.6 is 11.6 Å². The summed E-state index contributed by atoms with van der Waals surface area (Å²) in [7, 11) is 0. The molecule has 0 fully saturated rings. The first-order chi connectivity index (χ1) is 8.79. The van der Waals surface area contributed by atoms with Crippen LogP contribution in [-0.2, 0) is 13.0 Å². The maximum atomic E-state index is 6.20. The molecule has 1 aromatic carbocycles. The SMILES string of the molecule is C=CCc1ccc(COc2cccnc2)c(Cl)c1. The number of hydrogen-bond acceptors (Lipinski definition) is 2. The Bertz CT molecular complexity index is 525. The molecule has 0 spiro atoms. The maximum Gasteiger partial charge on any atom is 0.138 e. The minimum Gasteiger partial charge on any atom is -0.487 e. The number of allylic oxidation sites excluding steroid dienone is 1. The van der Waals surface area contributed by atoms with Gasteiger partial charge >= 0.3 is 0 Å². The van der Waals surface area contributed by atoms with Crippen LogP contribution < -0.4 is 4.74 Å². The summed E-state index contributed by atoms with van der Waals surface area (Å²) in [6.45, 7) is 4.15. The second-order valence-corrected chi connectivity index (χ2v) is 4.30. The van der Waals surface area contributed by atoms with Crippen LogP contribution in [-0.4, -0.2) is 4.98 Å². The van der Waals surface area contributed by atoms with Gasteiger partial charge in [-0.05, 0) is 30.2 Å². The lowest BCUT2D eigenvalue weighted by atomic mass is 10.1. The molecule has 92 valence electrons. The third-order valence-corrected chi connectivity index (χ3v) is 2.88. The lowest BCUT2D eigenvalue weighted by Crippen LogP contribution is -1.97. The molecule has 1 aromatic heterocycles. The number of rotatable bonds is 5. The minimum absolute atomic E-state index is 0.443. The zero-order valence-electron chi connectivity index (χ0n) is 9.97. The fraction of sp³-hybridized carbons (Fsp3) is 0.133. The van der Waals surface area contributed by atoms with E-state index < -0.39 is 0 Å². The summed E-state index contributed by atoms with van der Waals surface area (Å²) < 4.78 is 5.61. The number of ether oxygens (including phenoxy) is 1. The quantitative estimate of drug-likeness (QED) is 0.756. The summed E-state index contributed by atoms with van der Waals surface area (Å²) in [5.74, 6) is 0.740. The fourth-order valence-electron chi connectivity index (χ4n) is 1.60. The normalized spacial score (nSPS) is 10.1. The predicted molar refractivity (Wildman–Crippen MR) is 73.9 cm³/mol. The number of aromatic nitrogens is 1. The van der Waals surface area contributed by atoms with Crippen molar-refractivity contribution in [1.29, 1.82) is 0 Å². The van der Waals surface area contributed by atoms with Crippen molar-refractivity contribution in [3.8, 4) is 5.75 Å². The first-order valence-corrected chi connectivity index (χ1v) is 6.08. The van der Waals surface area contributed by atoms with Crippen molar-refractivity contribution in [3.63, 3.8) is 0 Å². The monoisotopic (exact) mass is 259 g/mol. The van der Waals surface area contributed by atoms with Gasteiger partial charge < -0.3 is 4.74 Å². The van der Waals surface area contributed by atoms with E-state index in [9.17, 15) is 0 Å². The highest BCUT2D eigenvalue weighted by atomic mass is 35.5. The molecule has 0 aliphatic carbocycles. The van der Waals surface area contributed by atoms with Crippen LogP contribution in [0.3, 0.4) is 0 Å². The smallest absolute Gasteiger partial charge is 0.138 e. The molecule has 0 saturated carbocycles. The van der Waals surface area contributed by atoms with Crippen molar-refractivity contribution < 1.29 is 4.74 Å². The minimum atomic E-state index is 0.443. The summed E-state index contributed by atoms with van der Waals surface area (Å²) in [4.78, 5) is 3.99. The van der Waals surface area contributed by atoms with Gasteiger partial charge in [0.2, 0.25) is 0 Å². The molecule has 0 radical (unpaired) electrons. The van der Waals surface area contributed by atoms with E-state index in [4.69, 9.17) is 16.3 Å². The molecule has 0 N–H and O–H groups in total. The van der Waals surface area contributed by atoms with Gasteiger partial charge in [0, 0.05) is 16.8 Å². The van der Waals surface area contributed by atoms with Crippen LogP contribution in [0.15, 0.2) is 55.4 Å². The summed E-state index contributed by atoms with van der Waals surface area (Å²) in [5.41, 5.74) is 2.12. The molecular formula is C15H14ClNO. The molecule has 2 aromatic rings. The van der Waals surface area contributed by atoms with Crippen LogP contribution in [0.1, 0.15) is 11.1 Å². The molecule has 0 unspecified atom stereocenters. The van der Waals surface area contributed by atoms with Gasteiger partial charge in [0.25, 0.3) is 0 Å². The Labute approximate surface area is 112 Å². The average Bonchev–Trinajstić information content (AvgIpc) is 2.39. The lowest BCUT2D eigenvalue weighted by Gasteiger charge is -2.08. The number of halogens is 1. The van der Waals surface area contributed by atoms with Gasteiger partial charge in [0.15, 0.2) is 0 Å². The Balaban J connectivity index is 2.03. The van der Waals surface area contributed by atoms with E-state index in [1.54, 1.807) is 12.4 Å². The average molecular weight is 260 g/mol. The Morgan fingerprint density at radius 1 is 1.33 bits per heavy atom. The first kappa shape index (κ1) is 12.7. The highest BCUT2D eigenvalue weighted by Crippen LogP contribution is 2.20. The van der Waals surface area contributed by atoms with Crippen LogP contribution in [0.2, 0.25) is 5.02 Å². The molecule has 18 heavy (non-hydrogen) atoms. The van der Waals surface area contributed by atoms with Gasteiger partial charge in [-0.2, -0.15) is 0 Å². The molecule has 2 rings (SSSR count). The molecule has 0 bridgehead atoms. The molecule has 0 aliphatic rings. The Kier molecular flexibility index (Phi) is 4.37. The zero-order chi connectivity index (χ0) is 12.8. The lowest BCUT2D eigenvalue weighted by molar-refractivity contribution is 0.305. The second-order valence-electron chi connectivity index (χ2n) is 3.90. The Morgan fingerprint density at radius 2 is 2.22 bits per heavy atom. The largest absolute Gasteiger partial charge is 0.487 e. The van der Waals surface area contributed by atoms with Crippen LogP contribution in [0, 0.1) is 0 Å². The van der Waals surface area contributed by atoms with E-state index in [1.807, 2.05) is 36.4 Å². The summed E-state index contributed by atoms with van der Waals surface area (Å²) in [6.07, 6.45) is 6.07. The van der Waals surface area contributed by atoms with E-state index in [0.717, 1.165) is 28.3 Å². The highest BCUT2D eigenvalue weighted by molar-refractivity contribution is 6.31. The molecule has 3 heteroatoms. The van der Waals surface area contributed by atoms with Crippen LogP contribution in [0.4, 0.5) is 0 Å². The number of hydrogen-bond donors (Lipinski definition) is 0. The Morgan fingerprint density at radius 3 is 2.89 bits per heavy atom. The number of benzene rings is 1. The van der Waals surface area contributed by atoms with Gasteiger partial charge in [-0.3, -0.25) is 4.98 Å². The molecule has 1 heterocycles. The van der Waals surface area contributed by atoms with E-state index in [0.29, 0.717) is 6.61 Å². The van der Waals surface area contributed by atoms with Crippen molar-refractivity contribution in [2.24, 2.45) is 0 Å². The van der Waals surface area contributed by atoms with E-state index >= 15 is 0 Å². The summed E-state index contributed by atoms with van der Waals surface area (Å²) >= 11 is 6.20. The highest BCUT2D eigenvalue weighted by Gasteiger charge is 2.02. The van der Waals surface area contributed by atoms with Crippen molar-refractivity contribution in [3.05, 3.63) is 71.5 Å². The number of nitrogens with zero attached hydrogens (tertiary/aromatic N) is 1. The molecule has 0 atom stereocenters. The van der Waals surface area contributed by atoms with Crippen molar-refractivity contribution in [2.45, 2.75) is 13.0 Å². The molecule has 0 aliphatic heterocycles.